The first-order chi connectivity index (χ1) is 10.1. The summed E-state index contributed by atoms with van der Waals surface area (Å²) in [5.74, 6) is 0.934. The SMILES string of the molecule is CCN(CC)CCC(=O)CCC(O)c1cccc(OC)c1. The van der Waals surface area contributed by atoms with Crippen LogP contribution in [0.5, 0.6) is 5.75 Å². The number of hydrogen-bond acceptors (Lipinski definition) is 4. The third kappa shape index (κ3) is 6.27. The number of aliphatic hydroxyl groups excluding tert-OH is 1. The van der Waals surface area contributed by atoms with E-state index < -0.39 is 6.10 Å². The molecular formula is C17H27NO3. The van der Waals surface area contributed by atoms with E-state index in [0.29, 0.717) is 19.3 Å². The highest BCUT2D eigenvalue weighted by Crippen LogP contribution is 2.22. The van der Waals surface area contributed by atoms with Crippen molar-refractivity contribution in [1.29, 1.82) is 0 Å². The average molecular weight is 293 g/mol. The summed E-state index contributed by atoms with van der Waals surface area (Å²) < 4.78 is 5.14. The molecule has 0 saturated heterocycles. The maximum atomic E-state index is 11.9. The maximum Gasteiger partial charge on any atom is 0.134 e. The lowest BCUT2D eigenvalue weighted by molar-refractivity contribution is -0.120. The topological polar surface area (TPSA) is 49.8 Å². The summed E-state index contributed by atoms with van der Waals surface area (Å²) in [7, 11) is 1.60. The van der Waals surface area contributed by atoms with Crippen LogP contribution >= 0.6 is 0 Å². The fourth-order valence-corrected chi connectivity index (χ4v) is 2.26. The predicted molar refractivity (Wildman–Crippen MR) is 84.6 cm³/mol. The fourth-order valence-electron chi connectivity index (χ4n) is 2.26. The van der Waals surface area contributed by atoms with Crippen molar-refractivity contribution < 1.29 is 14.6 Å². The Morgan fingerprint density at radius 3 is 2.62 bits per heavy atom. The first-order valence-corrected chi connectivity index (χ1v) is 7.66. The first-order valence-electron chi connectivity index (χ1n) is 7.66. The molecule has 1 N–H and O–H groups in total. The van der Waals surface area contributed by atoms with Crippen LogP contribution in [-0.4, -0.2) is 42.5 Å². The second-order valence-electron chi connectivity index (χ2n) is 5.15. The number of methoxy groups -OCH3 is 1. The van der Waals surface area contributed by atoms with Crippen LogP contribution in [0.15, 0.2) is 24.3 Å². The van der Waals surface area contributed by atoms with E-state index in [2.05, 4.69) is 18.7 Å². The largest absolute Gasteiger partial charge is 0.497 e. The van der Waals surface area contributed by atoms with E-state index in [1.807, 2.05) is 24.3 Å². The highest BCUT2D eigenvalue weighted by atomic mass is 16.5. The zero-order chi connectivity index (χ0) is 15.7. The van der Waals surface area contributed by atoms with Crippen LogP contribution in [0.3, 0.4) is 0 Å². The van der Waals surface area contributed by atoms with E-state index in [9.17, 15) is 9.90 Å². The molecule has 0 radical (unpaired) electrons. The van der Waals surface area contributed by atoms with Crippen molar-refractivity contribution in [2.24, 2.45) is 0 Å². The molecule has 0 aliphatic rings. The fraction of sp³-hybridized carbons (Fsp3) is 0.588. The Balaban J connectivity index is 2.38. The number of carbonyl (C=O) groups excluding carboxylic acids is 1. The molecule has 0 spiro atoms. The molecule has 1 aromatic carbocycles. The van der Waals surface area contributed by atoms with E-state index in [4.69, 9.17) is 4.74 Å². The van der Waals surface area contributed by atoms with Gasteiger partial charge in [0.05, 0.1) is 13.2 Å². The number of ketones is 1. The molecular weight excluding hydrogens is 266 g/mol. The number of rotatable bonds is 10. The zero-order valence-electron chi connectivity index (χ0n) is 13.3. The van der Waals surface area contributed by atoms with Crippen molar-refractivity contribution in [1.82, 2.24) is 4.90 Å². The Kier molecular flexibility index (Phi) is 8.01. The molecule has 1 aromatic rings. The lowest BCUT2D eigenvalue weighted by Gasteiger charge is -2.17. The van der Waals surface area contributed by atoms with Gasteiger partial charge in [-0.15, -0.1) is 0 Å². The van der Waals surface area contributed by atoms with Crippen molar-refractivity contribution in [3.8, 4) is 5.75 Å². The number of benzene rings is 1. The lowest BCUT2D eigenvalue weighted by Crippen LogP contribution is -2.25. The molecule has 0 aliphatic carbocycles. The Morgan fingerprint density at radius 2 is 2.00 bits per heavy atom. The van der Waals surface area contributed by atoms with Gasteiger partial charge < -0.3 is 14.7 Å². The van der Waals surface area contributed by atoms with Gasteiger partial charge in [-0.2, -0.15) is 0 Å². The standard InChI is InChI=1S/C17H27NO3/c1-4-18(5-2)12-11-15(19)9-10-17(20)14-7-6-8-16(13-14)21-3/h6-8,13,17,20H,4-5,9-12H2,1-3H3. The van der Waals surface area contributed by atoms with Gasteiger partial charge in [-0.05, 0) is 37.2 Å². The van der Waals surface area contributed by atoms with Gasteiger partial charge in [0.1, 0.15) is 11.5 Å². The highest BCUT2D eigenvalue weighted by molar-refractivity contribution is 5.78. The second kappa shape index (κ2) is 9.53. The van der Waals surface area contributed by atoms with Gasteiger partial charge in [0.25, 0.3) is 0 Å². The molecule has 0 saturated carbocycles. The normalized spacial score (nSPS) is 12.4. The van der Waals surface area contributed by atoms with Crippen molar-refractivity contribution in [2.45, 2.75) is 39.2 Å². The van der Waals surface area contributed by atoms with E-state index in [1.165, 1.54) is 0 Å². The molecule has 1 atom stereocenters. The predicted octanol–water partition coefficient (Wildman–Crippen LogP) is 2.81. The van der Waals surface area contributed by atoms with E-state index in [0.717, 1.165) is 30.9 Å². The summed E-state index contributed by atoms with van der Waals surface area (Å²) in [6, 6.07) is 7.35. The highest BCUT2D eigenvalue weighted by Gasteiger charge is 2.12. The average Bonchev–Trinajstić information content (AvgIpc) is 2.53. The first kappa shape index (κ1) is 17.7. The van der Waals surface area contributed by atoms with Gasteiger partial charge in [0, 0.05) is 19.4 Å². The van der Waals surface area contributed by atoms with Gasteiger partial charge in [0.15, 0.2) is 0 Å². The summed E-state index contributed by atoms with van der Waals surface area (Å²) >= 11 is 0. The van der Waals surface area contributed by atoms with Gasteiger partial charge in [-0.25, -0.2) is 0 Å². The van der Waals surface area contributed by atoms with Gasteiger partial charge in [0.2, 0.25) is 0 Å². The number of hydrogen-bond donors (Lipinski definition) is 1. The molecule has 21 heavy (non-hydrogen) atoms. The Hall–Kier alpha value is -1.39. The quantitative estimate of drug-likeness (QED) is 0.720. The Morgan fingerprint density at radius 1 is 1.29 bits per heavy atom. The molecule has 0 bridgehead atoms. The van der Waals surface area contributed by atoms with Crippen LogP contribution in [0, 0.1) is 0 Å². The van der Waals surface area contributed by atoms with Crippen LogP contribution in [0.25, 0.3) is 0 Å². The number of nitrogens with zero attached hydrogens (tertiary/aromatic N) is 1. The Bertz CT molecular complexity index is 430. The van der Waals surface area contributed by atoms with Gasteiger partial charge in [-0.1, -0.05) is 26.0 Å². The van der Waals surface area contributed by atoms with Crippen LogP contribution < -0.4 is 4.74 Å². The molecule has 0 amide bonds. The molecule has 0 aromatic heterocycles. The molecule has 0 heterocycles. The molecule has 0 fully saturated rings. The van der Waals surface area contributed by atoms with Gasteiger partial charge >= 0.3 is 0 Å². The minimum Gasteiger partial charge on any atom is -0.497 e. The maximum absolute atomic E-state index is 11.9. The second-order valence-corrected chi connectivity index (χ2v) is 5.15. The molecule has 0 aliphatic heterocycles. The smallest absolute Gasteiger partial charge is 0.134 e. The summed E-state index contributed by atoms with van der Waals surface area (Å²) in [6.45, 7) is 6.94. The van der Waals surface area contributed by atoms with Crippen molar-refractivity contribution in [3.05, 3.63) is 29.8 Å². The zero-order valence-corrected chi connectivity index (χ0v) is 13.3. The molecule has 4 heteroatoms. The Labute approximate surface area is 127 Å². The third-order valence-corrected chi connectivity index (χ3v) is 3.78. The summed E-state index contributed by atoms with van der Waals surface area (Å²) in [4.78, 5) is 14.1. The lowest BCUT2D eigenvalue weighted by atomic mass is 10.0. The number of aliphatic hydroxyl groups is 1. The van der Waals surface area contributed by atoms with Gasteiger partial charge in [-0.3, -0.25) is 4.79 Å². The summed E-state index contributed by atoms with van der Waals surface area (Å²) in [5.41, 5.74) is 0.797. The van der Waals surface area contributed by atoms with E-state index >= 15 is 0 Å². The van der Waals surface area contributed by atoms with Crippen molar-refractivity contribution in [3.63, 3.8) is 0 Å². The minimum atomic E-state index is -0.613. The third-order valence-electron chi connectivity index (χ3n) is 3.78. The number of Topliss-reactive ketones (excluding diaryl/α,β-unsaturated/α-hetero) is 1. The minimum absolute atomic E-state index is 0.212. The summed E-state index contributed by atoms with van der Waals surface area (Å²) in [5, 5.41) is 10.1. The van der Waals surface area contributed by atoms with Crippen LogP contribution in [0.4, 0.5) is 0 Å². The monoisotopic (exact) mass is 293 g/mol. The van der Waals surface area contributed by atoms with Crippen LogP contribution in [0.1, 0.15) is 44.8 Å². The molecule has 4 nitrogen and oxygen atoms in total. The van der Waals surface area contributed by atoms with Crippen molar-refractivity contribution >= 4 is 5.78 Å². The summed E-state index contributed by atoms with van der Waals surface area (Å²) in [6.07, 6.45) is 0.827. The van der Waals surface area contributed by atoms with Crippen LogP contribution in [-0.2, 0) is 4.79 Å². The number of ether oxygens (including phenoxy) is 1. The van der Waals surface area contributed by atoms with Crippen LogP contribution in [0.2, 0.25) is 0 Å². The van der Waals surface area contributed by atoms with Crippen molar-refractivity contribution in [2.75, 3.05) is 26.7 Å². The van der Waals surface area contributed by atoms with E-state index in [1.54, 1.807) is 7.11 Å². The molecule has 1 unspecified atom stereocenters. The van der Waals surface area contributed by atoms with E-state index in [-0.39, 0.29) is 5.78 Å². The molecule has 118 valence electrons. The number of carbonyl (C=O) groups is 1. The molecule has 1 rings (SSSR count).